The molecule has 0 aliphatic rings. The molecule has 0 bridgehead atoms. The molecule has 0 aliphatic carbocycles. The Kier molecular flexibility index (Phi) is 2.42. The number of hydrogen-bond acceptors (Lipinski definition) is 6. The first kappa shape index (κ1) is 11.8. The first-order valence-corrected chi connectivity index (χ1v) is 5.33. The predicted molar refractivity (Wildman–Crippen MR) is 63.7 cm³/mol. The second-order valence-corrected chi connectivity index (χ2v) is 3.85. The zero-order chi connectivity index (χ0) is 14.3. The van der Waals surface area contributed by atoms with Gasteiger partial charge in [0.05, 0.1) is 17.3 Å². The molecule has 1 N–H and O–H groups in total. The van der Waals surface area contributed by atoms with Gasteiger partial charge in [0, 0.05) is 6.07 Å². The van der Waals surface area contributed by atoms with Gasteiger partial charge in [-0.3, -0.25) is 10.1 Å². The van der Waals surface area contributed by atoms with Crippen LogP contribution in [0.15, 0.2) is 30.9 Å². The molecule has 0 radical (unpaired) electrons. The summed E-state index contributed by atoms with van der Waals surface area (Å²) in [5.74, 6) is -1.16. The third-order valence-corrected chi connectivity index (χ3v) is 2.56. The number of nitro groups is 1. The highest BCUT2D eigenvalue weighted by atomic mass is 16.6. The standard InChI is InChI=1S/C10H6N6O4/c17-10(18)8-1-9-11-2-6(4-15(9)13-8)14-5-7(3-12-14)16(19)20/h1-5H,(H,17,18). The van der Waals surface area contributed by atoms with E-state index in [1.54, 1.807) is 0 Å². The van der Waals surface area contributed by atoms with Crippen molar-refractivity contribution in [3.8, 4) is 5.69 Å². The fourth-order valence-electron chi connectivity index (χ4n) is 1.64. The largest absolute Gasteiger partial charge is 0.476 e. The molecule has 10 heteroatoms. The molecule has 0 unspecified atom stereocenters. The third-order valence-electron chi connectivity index (χ3n) is 2.56. The minimum Gasteiger partial charge on any atom is -0.476 e. The van der Waals surface area contributed by atoms with Crippen LogP contribution in [0.1, 0.15) is 10.5 Å². The van der Waals surface area contributed by atoms with E-state index in [1.807, 2.05) is 0 Å². The molecule has 0 spiro atoms. The molecule has 0 fully saturated rings. The summed E-state index contributed by atoms with van der Waals surface area (Å²) in [5, 5.41) is 27.1. The molecular weight excluding hydrogens is 268 g/mol. The smallest absolute Gasteiger partial charge is 0.356 e. The Bertz CT molecular complexity index is 835. The van der Waals surface area contributed by atoms with Crippen LogP contribution in [0.25, 0.3) is 11.3 Å². The van der Waals surface area contributed by atoms with Crippen molar-refractivity contribution < 1.29 is 14.8 Å². The Labute approximate surface area is 110 Å². The van der Waals surface area contributed by atoms with Gasteiger partial charge in [-0.2, -0.15) is 10.2 Å². The van der Waals surface area contributed by atoms with E-state index in [0.717, 1.165) is 6.20 Å². The average molecular weight is 274 g/mol. The van der Waals surface area contributed by atoms with Gasteiger partial charge in [0.25, 0.3) is 0 Å². The minimum atomic E-state index is -1.16. The van der Waals surface area contributed by atoms with Crippen LogP contribution in [-0.2, 0) is 0 Å². The summed E-state index contributed by atoms with van der Waals surface area (Å²) in [6, 6.07) is 1.32. The minimum absolute atomic E-state index is 0.138. The quantitative estimate of drug-likeness (QED) is 0.544. The fourth-order valence-corrected chi connectivity index (χ4v) is 1.64. The summed E-state index contributed by atoms with van der Waals surface area (Å²) >= 11 is 0. The lowest BCUT2D eigenvalue weighted by atomic mass is 10.4. The van der Waals surface area contributed by atoms with E-state index in [-0.39, 0.29) is 11.4 Å². The lowest BCUT2D eigenvalue weighted by Crippen LogP contribution is -2.00. The monoisotopic (exact) mass is 274 g/mol. The number of nitrogens with zero attached hydrogens (tertiary/aromatic N) is 6. The van der Waals surface area contributed by atoms with Gasteiger partial charge in [-0.25, -0.2) is 19.0 Å². The number of fused-ring (bicyclic) bond motifs is 1. The summed E-state index contributed by atoms with van der Waals surface area (Å²) < 4.78 is 2.53. The van der Waals surface area contributed by atoms with Crippen LogP contribution in [-0.4, -0.2) is 40.4 Å². The van der Waals surface area contributed by atoms with Gasteiger partial charge in [-0.15, -0.1) is 0 Å². The Balaban J connectivity index is 2.07. The molecular formula is C10H6N6O4. The van der Waals surface area contributed by atoms with Crippen molar-refractivity contribution in [2.75, 3.05) is 0 Å². The van der Waals surface area contributed by atoms with Crippen molar-refractivity contribution in [2.24, 2.45) is 0 Å². The molecule has 0 saturated carbocycles. The summed E-state index contributed by atoms with van der Waals surface area (Å²) in [5.41, 5.74) is 0.483. The van der Waals surface area contributed by atoms with Crippen LogP contribution in [0.3, 0.4) is 0 Å². The first-order valence-electron chi connectivity index (χ1n) is 5.33. The van der Waals surface area contributed by atoms with E-state index in [4.69, 9.17) is 5.11 Å². The maximum absolute atomic E-state index is 10.8. The van der Waals surface area contributed by atoms with Crippen LogP contribution < -0.4 is 0 Å². The lowest BCUT2D eigenvalue weighted by Gasteiger charge is -1.99. The normalized spacial score (nSPS) is 10.8. The molecule has 0 aromatic carbocycles. The molecule has 0 atom stereocenters. The highest BCUT2D eigenvalue weighted by Gasteiger charge is 2.13. The predicted octanol–water partition coefficient (Wildman–Crippen LogP) is 0.521. The van der Waals surface area contributed by atoms with Crippen molar-refractivity contribution in [3.63, 3.8) is 0 Å². The zero-order valence-corrected chi connectivity index (χ0v) is 9.74. The van der Waals surface area contributed by atoms with Gasteiger partial charge in [-0.1, -0.05) is 0 Å². The Hall–Kier alpha value is -3.30. The molecule has 0 amide bonds. The molecule has 0 aliphatic heterocycles. The molecule has 3 aromatic heterocycles. The van der Waals surface area contributed by atoms with Gasteiger partial charge in [-0.05, 0) is 0 Å². The van der Waals surface area contributed by atoms with Crippen LogP contribution in [0, 0.1) is 10.1 Å². The number of aromatic carboxylic acids is 1. The van der Waals surface area contributed by atoms with Gasteiger partial charge in [0.1, 0.15) is 18.1 Å². The second kappa shape index (κ2) is 4.12. The van der Waals surface area contributed by atoms with E-state index < -0.39 is 10.9 Å². The highest BCUT2D eigenvalue weighted by Crippen LogP contribution is 2.13. The molecule has 3 rings (SSSR count). The number of carbonyl (C=O) groups is 1. The van der Waals surface area contributed by atoms with Gasteiger partial charge < -0.3 is 5.11 Å². The summed E-state index contributed by atoms with van der Waals surface area (Å²) in [7, 11) is 0. The number of carboxylic acids is 1. The van der Waals surface area contributed by atoms with Crippen molar-refractivity contribution in [2.45, 2.75) is 0 Å². The maximum Gasteiger partial charge on any atom is 0.356 e. The molecule has 100 valence electrons. The zero-order valence-electron chi connectivity index (χ0n) is 9.74. The number of aromatic nitrogens is 5. The van der Waals surface area contributed by atoms with Crippen molar-refractivity contribution in [1.82, 2.24) is 24.4 Å². The van der Waals surface area contributed by atoms with Crippen molar-refractivity contribution >= 4 is 17.3 Å². The summed E-state index contributed by atoms with van der Waals surface area (Å²) in [6.07, 6.45) is 5.23. The molecule has 0 saturated heterocycles. The number of rotatable bonds is 3. The summed E-state index contributed by atoms with van der Waals surface area (Å²) in [6.45, 7) is 0. The lowest BCUT2D eigenvalue weighted by molar-refractivity contribution is -0.384. The average Bonchev–Trinajstić information content (AvgIpc) is 3.04. The van der Waals surface area contributed by atoms with Crippen LogP contribution in [0.4, 0.5) is 5.69 Å². The first-order chi connectivity index (χ1) is 9.54. The molecule has 3 aromatic rings. The Morgan fingerprint density at radius 2 is 2.15 bits per heavy atom. The molecule has 20 heavy (non-hydrogen) atoms. The number of hydrogen-bond donors (Lipinski definition) is 1. The number of carboxylic acid groups (broad SMARTS) is 1. The van der Waals surface area contributed by atoms with Crippen molar-refractivity contribution in [1.29, 1.82) is 0 Å². The van der Waals surface area contributed by atoms with E-state index in [9.17, 15) is 14.9 Å². The van der Waals surface area contributed by atoms with Gasteiger partial charge in [0.15, 0.2) is 11.3 Å². The van der Waals surface area contributed by atoms with Crippen LogP contribution in [0.5, 0.6) is 0 Å². The second-order valence-electron chi connectivity index (χ2n) is 3.85. The maximum atomic E-state index is 10.8. The fraction of sp³-hybridized carbons (Fsp3) is 0. The van der Waals surface area contributed by atoms with E-state index in [1.165, 1.54) is 33.9 Å². The van der Waals surface area contributed by atoms with E-state index >= 15 is 0 Å². The summed E-state index contributed by atoms with van der Waals surface area (Å²) in [4.78, 5) is 24.9. The van der Waals surface area contributed by atoms with E-state index in [2.05, 4.69) is 15.2 Å². The van der Waals surface area contributed by atoms with Gasteiger partial charge >= 0.3 is 11.7 Å². The Morgan fingerprint density at radius 3 is 2.80 bits per heavy atom. The SMILES string of the molecule is O=C(O)c1cc2ncc(-n3cc([N+](=O)[O-])cn3)cn2n1. The molecule has 10 nitrogen and oxygen atoms in total. The Morgan fingerprint density at radius 1 is 1.35 bits per heavy atom. The van der Waals surface area contributed by atoms with Crippen molar-refractivity contribution in [3.05, 3.63) is 46.7 Å². The highest BCUT2D eigenvalue weighted by molar-refractivity contribution is 5.86. The third kappa shape index (κ3) is 1.84. The van der Waals surface area contributed by atoms with Crippen LogP contribution in [0.2, 0.25) is 0 Å². The van der Waals surface area contributed by atoms with Gasteiger partial charge in [0.2, 0.25) is 0 Å². The molecule has 3 heterocycles. The topological polar surface area (TPSA) is 128 Å². The van der Waals surface area contributed by atoms with E-state index in [0.29, 0.717) is 11.3 Å². The van der Waals surface area contributed by atoms with Crippen LogP contribution >= 0.6 is 0 Å².